The number of fused-ring (bicyclic) bond motifs is 1. The molecule has 0 aliphatic carbocycles. The molecule has 1 aliphatic rings. The fraction of sp³-hybridized carbons (Fsp3) is 0.500. The first-order valence-corrected chi connectivity index (χ1v) is 7.26. The van der Waals surface area contributed by atoms with Gasteiger partial charge in [0.1, 0.15) is 18.3 Å². The van der Waals surface area contributed by atoms with E-state index in [9.17, 15) is 4.79 Å². The predicted octanol–water partition coefficient (Wildman–Crippen LogP) is 2.08. The van der Waals surface area contributed by atoms with Crippen LogP contribution in [0.25, 0.3) is 0 Å². The summed E-state index contributed by atoms with van der Waals surface area (Å²) in [5.74, 6) is 0.662. The highest BCUT2D eigenvalue weighted by Crippen LogP contribution is 2.33. The second-order valence-corrected chi connectivity index (χ2v) is 5.83. The molecule has 19 heavy (non-hydrogen) atoms. The van der Waals surface area contributed by atoms with E-state index in [2.05, 4.69) is 21.2 Å². The van der Waals surface area contributed by atoms with Crippen molar-refractivity contribution >= 4 is 21.8 Å². The van der Waals surface area contributed by atoms with Crippen LogP contribution in [-0.4, -0.2) is 37.6 Å². The van der Waals surface area contributed by atoms with Gasteiger partial charge in [-0.3, -0.25) is 4.79 Å². The lowest BCUT2D eigenvalue weighted by Crippen LogP contribution is -2.32. The number of alkyl halides is 1. The van der Waals surface area contributed by atoms with E-state index >= 15 is 0 Å². The molecule has 104 valence electrons. The summed E-state index contributed by atoms with van der Waals surface area (Å²) in [6.07, 6.45) is 0.842. The van der Waals surface area contributed by atoms with Gasteiger partial charge in [-0.2, -0.15) is 0 Å². The number of methoxy groups -OCH3 is 1. The number of carbonyl (C=O) groups excluding carboxylic acids is 1. The van der Waals surface area contributed by atoms with Gasteiger partial charge in [-0.15, -0.1) is 0 Å². The molecule has 0 fully saturated rings. The van der Waals surface area contributed by atoms with Gasteiger partial charge in [0.2, 0.25) is 5.91 Å². The summed E-state index contributed by atoms with van der Waals surface area (Å²) >= 11 is 3.50. The van der Waals surface area contributed by atoms with Crippen molar-refractivity contribution in [2.24, 2.45) is 0 Å². The standard InChI is InChI=1S/C14H18BrNO3/c1-18-8-10(15)6-7-16-14(17)12-9-19-13-5-3-2-4-11(12)13/h2-5,10,12H,6-9H2,1H3,(H,16,17). The Bertz CT molecular complexity index is 438. The number of hydrogen-bond donors (Lipinski definition) is 1. The van der Waals surface area contributed by atoms with Gasteiger partial charge in [-0.1, -0.05) is 34.1 Å². The normalized spacial score (nSPS) is 18.5. The van der Waals surface area contributed by atoms with Crippen LogP contribution in [0.5, 0.6) is 5.75 Å². The van der Waals surface area contributed by atoms with Crippen molar-refractivity contribution in [1.29, 1.82) is 0 Å². The highest BCUT2D eigenvalue weighted by Gasteiger charge is 2.29. The number of nitrogens with one attached hydrogen (secondary N) is 1. The largest absolute Gasteiger partial charge is 0.492 e. The first-order valence-electron chi connectivity index (χ1n) is 6.35. The summed E-state index contributed by atoms with van der Waals surface area (Å²) in [6.45, 7) is 1.71. The minimum absolute atomic E-state index is 0.0297. The number of para-hydroxylation sites is 1. The summed E-state index contributed by atoms with van der Waals surface area (Å²) in [5.41, 5.74) is 0.979. The Morgan fingerprint density at radius 3 is 3.16 bits per heavy atom. The van der Waals surface area contributed by atoms with Crippen LogP contribution in [-0.2, 0) is 9.53 Å². The quantitative estimate of drug-likeness (QED) is 0.814. The Kier molecular flexibility index (Phi) is 5.22. The van der Waals surface area contributed by atoms with Crippen molar-refractivity contribution in [3.05, 3.63) is 29.8 Å². The maximum Gasteiger partial charge on any atom is 0.231 e. The molecule has 5 heteroatoms. The molecule has 4 nitrogen and oxygen atoms in total. The van der Waals surface area contributed by atoms with Gasteiger partial charge < -0.3 is 14.8 Å². The molecular weight excluding hydrogens is 310 g/mol. The minimum atomic E-state index is -0.188. The van der Waals surface area contributed by atoms with Crippen LogP contribution < -0.4 is 10.1 Å². The second kappa shape index (κ2) is 6.91. The fourth-order valence-corrected chi connectivity index (χ4v) is 2.61. The van der Waals surface area contributed by atoms with Crippen LogP contribution in [0.15, 0.2) is 24.3 Å². The summed E-state index contributed by atoms with van der Waals surface area (Å²) in [4.78, 5) is 12.4. The van der Waals surface area contributed by atoms with E-state index in [1.165, 1.54) is 0 Å². The monoisotopic (exact) mass is 327 g/mol. The number of hydrogen-bond acceptors (Lipinski definition) is 3. The molecule has 1 aromatic carbocycles. The molecule has 1 heterocycles. The van der Waals surface area contributed by atoms with Crippen molar-refractivity contribution in [3.63, 3.8) is 0 Å². The number of carbonyl (C=O) groups is 1. The average molecular weight is 328 g/mol. The first-order chi connectivity index (χ1) is 9.22. The molecule has 0 spiro atoms. The zero-order valence-corrected chi connectivity index (χ0v) is 12.5. The van der Waals surface area contributed by atoms with Crippen molar-refractivity contribution in [3.8, 4) is 5.75 Å². The Balaban J connectivity index is 1.82. The van der Waals surface area contributed by atoms with E-state index in [-0.39, 0.29) is 16.7 Å². The molecule has 1 N–H and O–H groups in total. The molecule has 2 rings (SSSR count). The zero-order valence-electron chi connectivity index (χ0n) is 10.9. The third-order valence-corrected chi connectivity index (χ3v) is 3.84. The summed E-state index contributed by atoms with van der Waals surface area (Å²) < 4.78 is 10.5. The maximum atomic E-state index is 12.1. The number of amides is 1. The van der Waals surface area contributed by atoms with Gasteiger partial charge in [0.15, 0.2) is 0 Å². The second-order valence-electron chi connectivity index (χ2n) is 4.53. The van der Waals surface area contributed by atoms with E-state index in [4.69, 9.17) is 9.47 Å². The SMILES string of the molecule is COCC(Br)CCNC(=O)C1COc2ccccc21. The highest BCUT2D eigenvalue weighted by molar-refractivity contribution is 9.09. The maximum absolute atomic E-state index is 12.1. The zero-order chi connectivity index (χ0) is 13.7. The van der Waals surface area contributed by atoms with Crippen LogP contribution in [0.1, 0.15) is 17.9 Å². The van der Waals surface area contributed by atoms with Gasteiger partial charge >= 0.3 is 0 Å². The van der Waals surface area contributed by atoms with E-state index < -0.39 is 0 Å². The van der Waals surface area contributed by atoms with E-state index in [0.29, 0.717) is 19.8 Å². The molecule has 0 saturated carbocycles. The van der Waals surface area contributed by atoms with Gasteiger partial charge in [-0.05, 0) is 12.5 Å². The van der Waals surface area contributed by atoms with Crippen LogP contribution in [0, 0.1) is 0 Å². The smallest absolute Gasteiger partial charge is 0.231 e. The van der Waals surface area contributed by atoms with E-state index in [1.807, 2.05) is 24.3 Å². The third-order valence-electron chi connectivity index (χ3n) is 3.12. The molecule has 2 unspecified atom stereocenters. The highest BCUT2D eigenvalue weighted by atomic mass is 79.9. The molecule has 0 aromatic heterocycles. The Morgan fingerprint density at radius 2 is 2.37 bits per heavy atom. The Labute approximate surface area is 121 Å². The van der Waals surface area contributed by atoms with E-state index in [0.717, 1.165) is 17.7 Å². The van der Waals surface area contributed by atoms with Crippen molar-refractivity contribution in [1.82, 2.24) is 5.32 Å². The predicted molar refractivity (Wildman–Crippen MR) is 76.9 cm³/mol. The number of rotatable bonds is 6. The molecular formula is C14H18BrNO3. The molecule has 0 bridgehead atoms. The molecule has 0 saturated heterocycles. The molecule has 2 atom stereocenters. The van der Waals surface area contributed by atoms with Crippen LogP contribution in [0.2, 0.25) is 0 Å². The Morgan fingerprint density at radius 1 is 1.58 bits per heavy atom. The van der Waals surface area contributed by atoms with Gasteiger partial charge in [-0.25, -0.2) is 0 Å². The minimum Gasteiger partial charge on any atom is -0.492 e. The van der Waals surface area contributed by atoms with Crippen LogP contribution >= 0.6 is 15.9 Å². The van der Waals surface area contributed by atoms with Gasteiger partial charge in [0, 0.05) is 24.0 Å². The van der Waals surface area contributed by atoms with Crippen molar-refractivity contribution in [2.75, 3.05) is 26.9 Å². The first kappa shape index (κ1) is 14.3. The fourth-order valence-electron chi connectivity index (χ4n) is 2.12. The summed E-state index contributed by atoms with van der Waals surface area (Å²) in [7, 11) is 1.67. The lowest BCUT2D eigenvalue weighted by atomic mass is 10.0. The molecule has 0 radical (unpaired) electrons. The van der Waals surface area contributed by atoms with Gasteiger partial charge in [0.25, 0.3) is 0 Å². The van der Waals surface area contributed by atoms with Crippen molar-refractivity contribution < 1.29 is 14.3 Å². The average Bonchev–Trinajstić information content (AvgIpc) is 2.82. The number of ether oxygens (including phenoxy) is 2. The number of halogens is 1. The summed E-state index contributed by atoms with van der Waals surface area (Å²) in [6, 6.07) is 7.70. The lowest BCUT2D eigenvalue weighted by Gasteiger charge is -2.12. The summed E-state index contributed by atoms with van der Waals surface area (Å²) in [5, 5.41) is 2.95. The molecule has 1 amide bonds. The van der Waals surface area contributed by atoms with Crippen molar-refractivity contribution in [2.45, 2.75) is 17.2 Å². The molecule has 1 aromatic rings. The van der Waals surface area contributed by atoms with Crippen LogP contribution in [0.4, 0.5) is 0 Å². The van der Waals surface area contributed by atoms with E-state index in [1.54, 1.807) is 7.11 Å². The lowest BCUT2D eigenvalue weighted by molar-refractivity contribution is -0.122. The number of benzene rings is 1. The Hall–Kier alpha value is -1.07. The molecule has 1 aliphatic heterocycles. The van der Waals surface area contributed by atoms with Gasteiger partial charge in [0.05, 0.1) is 6.61 Å². The van der Waals surface area contributed by atoms with Crippen LogP contribution in [0.3, 0.4) is 0 Å². The third kappa shape index (κ3) is 3.70. The topological polar surface area (TPSA) is 47.6 Å².